The zero-order chi connectivity index (χ0) is 11.9. The maximum absolute atomic E-state index is 9.76. The van der Waals surface area contributed by atoms with E-state index < -0.39 is 0 Å². The summed E-state index contributed by atoms with van der Waals surface area (Å²) in [5.74, 6) is 1.19. The highest BCUT2D eigenvalue weighted by Gasteiger charge is 2.22. The third-order valence-corrected chi connectivity index (χ3v) is 3.17. The standard InChI is InChI=1S/C14H20O3/c15-14-8-10-16-11-12(14)5-4-9-17-13-6-2-1-3-7-13/h1-3,6-7,12,14-15H,4-5,8-11H2. The first kappa shape index (κ1) is 12.4. The molecule has 0 aliphatic carbocycles. The molecule has 1 N–H and O–H groups in total. The Labute approximate surface area is 102 Å². The Kier molecular flexibility index (Phi) is 4.83. The van der Waals surface area contributed by atoms with Crippen molar-refractivity contribution in [1.82, 2.24) is 0 Å². The fourth-order valence-electron chi connectivity index (χ4n) is 2.11. The lowest BCUT2D eigenvalue weighted by Crippen LogP contribution is -2.31. The molecule has 1 aromatic rings. The molecule has 0 aromatic heterocycles. The van der Waals surface area contributed by atoms with E-state index in [4.69, 9.17) is 9.47 Å². The number of aliphatic hydroxyl groups is 1. The fraction of sp³-hybridized carbons (Fsp3) is 0.571. The molecular formula is C14H20O3. The minimum atomic E-state index is -0.194. The SMILES string of the molecule is OC1CCOCC1CCCOc1ccccc1. The second kappa shape index (κ2) is 6.62. The zero-order valence-corrected chi connectivity index (χ0v) is 10.0. The maximum atomic E-state index is 9.76. The van der Waals surface area contributed by atoms with Gasteiger partial charge in [-0.3, -0.25) is 0 Å². The van der Waals surface area contributed by atoms with E-state index in [1.807, 2.05) is 30.3 Å². The molecule has 2 rings (SSSR count). The van der Waals surface area contributed by atoms with Gasteiger partial charge in [0.25, 0.3) is 0 Å². The van der Waals surface area contributed by atoms with Crippen molar-refractivity contribution in [3.8, 4) is 5.75 Å². The molecule has 2 atom stereocenters. The third kappa shape index (κ3) is 4.02. The molecule has 1 fully saturated rings. The number of ether oxygens (including phenoxy) is 2. The lowest BCUT2D eigenvalue weighted by atomic mass is 9.94. The Morgan fingerprint density at radius 3 is 2.88 bits per heavy atom. The fourth-order valence-corrected chi connectivity index (χ4v) is 2.11. The molecule has 0 saturated carbocycles. The Bertz CT molecular complexity index is 313. The molecule has 1 aromatic carbocycles. The van der Waals surface area contributed by atoms with Crippen LogP contribution in [0.1, 0.15) is 19.3 Å². The van der Waals surface area contributed by atoms with Crippen molar-refractivity contribution in [3.05, 3.63) is 30.3 Å². The van der Waals surface area contributed by atoms with Crippen molar-refractivity contribution >= 4 is 0 Å². The molecule has 1 heterocycles. The molecule has 3 heteroatoms. The van der Waals surface area contributed by atoms with Crippen LogP contribution in [0.3, 0.4) is 0 Å². The van der Waals surface area contributed by atoms with Crippen LogP contribution in [0.4, 0.5) is 0 Å². The number of hydrogen-bond acceptors (Lipinski definition) is 3. The highest BCUT2D eigenvalue weighted by molar-refractivity contribution is 5.20. The highest BCUT2D eigenvalue weighted by atomic mass is 16.5. The maximum Gasteiger partial charge on any atom is 0.119 e. The molecule has 0 bridgehead atoms. The van der Waals surface area contributed by atoms with Gasteiger partial charge in [-0.05, 0) is 31.4 Å². The predicted octanol–water partition coefficient (Wildman–Crippen LogP) is 2.24. The monoisotopic (exact) mass is 236 g/mol. The molecule has 1 aliphatic heterocycles. The molecular weight excluding hydrogens is 216 g/mol. The molecule has 94 valence electrons. The summed E-state index contributed by atoms with van der Waals surface area (Å²) < 4.78 is 11.0. The average Bonchev–Trinajstić information content (AvgIpc) is 2.38. The van der Waals surface area contributed by atoms with Crippen LogP contribution in [0.5, 0.6) is 5.75 Å². The molecule has 1 saturated heterocycles. The number of hydrogen-bond donors (Lipinski definition) is 1. The van der Waals surface area contributed by atoms with Crippen molar-refractivity contribution in [1.29, 1.82) is 0 Å². The Morgan fingerprint density at radius 1 is 1.29 bits per heavy atom. The van der Waals surface area contributed by atoms with Gasteiger partial charge in [0.2, 0.25) is 0 Å². The van der Waals surface area contributed by atoms with E-state index in [2.05, 4.69) is 0 Å². The summed E-state index contributed by atoms with van der Waals surface area (Å²) in [4.78, 5) is 0. The molecule has 2 unspecified atom stereocenters. The topological polar surface area (TPSA) is 38.7 Å². The van der Waals surface area contributed by atoms with Gasteiger partial charge in [-0.15, -0.1) is 0 Å². The number of benzene rings is 1. The van der Waals surface area contributed by atoms with Gasteiger partial charge in [-0.1, -0.05) is 18.2 Å². The minimum absolute atomic E-state index is 0.194. The van der Waals surface area contributed by atoms with E-state index in [0.717, 1.165) is 25.0 Å². The molecule has 0 spiro atoms. The Hall–Kier alpha value is -1.06. The van der Waals surface area contributed by atoms with Gasteiger partial charge >= 0.3 is 0 Å². The number of rotatable bonds is 5. The van der Waals surface area contributed by atoms with Crippen molar-refractivity contribution in [2.24, 2.45) is 5.92 Å². The summed E-state index contributed by atoms with van der Waals surface area (Å²) in [7, 11) is 0. The summed E-state index contributed by atoms with van der Waals surface area (Å²) in [5.41, 5.74) is 0. The highest BCUT2D eigenvalue weighted by Crippen LogP contribution is 2.19. The van der Waals surface area contributed by atoms with E-state index in [0.29, 0.717) is 19.8 Å². The van der Waals surface area contributed by atoms with Crippen molar-refractivity contribution in [2.45, 2.75) is 25.4 Å². The lowest BCUT2D eigenvalue weighted by molar-refractivity contribution is -0.0396. The van der Waals surface area contributed by atoms with Crippen molar-refractivity contribution in [3.63, 3.8) is 0 Å². The second-order valence-corrected chi connectivity index (χ2v) is 4.49. The molecule has 1 aliphatic rings. The molecule has 0 amide bonds. The van der Waals surface area contributed by atoms with Gasteiger partial charge < -0.3 is 14.6 Å². The largest absolute Gasteiger partial charge is 0.494 e. The summed E-state index contributed by atoms with van der Waals surface area (Å²) in [6.07, 6.45) is 2.50. The van der Waals surface area contributed by atoms with Crippen LogP contribution in [0.25, 0.3) is 0 Å². The van der Waals surface area contributed by atoms with Crippen LogP contribution < -0.4 is 4.74 Å². The molecule has 3 nitrogen and oxygen atoms in total. The van der Waals surface area contributed by atoms with Gasteiger partial charge in [0.05, 0.1) is 19.3 Å². The molecule has 0 radical (unpaired) electrons. The first-order chi connectivity index (χ1) is 8.36. The summed E-state index contributed by atoms with van der Waals surface area (Å²) in [6, 6.07) is 9.82. The van der Waals surface area contributed by atoms with E-state index >= 15 is 0 Å². The van der Waals surface area contributed by atoms with Gasteiger partial charge in [0.15, 0.2) is 0 Å². The van der Waals surface area contributed by atoms with E-state index in [-0.39, 0.29) is 12.0 Å². The second-order valence-electron chi connectivity index (χ2n) is 4.49. The van der Waals surface area contributed by atoms with Crippen LogP contribution in [-0.2, 0) is 4.74 Å². The Balaban J connectivity index is 1.63. The first-order valence-electron chi connectivity index (χ1n) is 6.30. The van der Waals surface area contributed by atoms with Gasteiger partial charge in [-0.2, -0.15) is 0 Å². The molecule has 17 heavy (non-hydrogen) atoms. The van der Waals surface area contributed by atoms with Crippen LogP contribution >= 0.6 is 0 Å². The minimum Gasteiger partial charge on any atom is -0.494 e. The van der Waals surface area contributed by atoms with Crippen LogP contribution in [-0.4, -0.2) is 31.0 Å². The normalized spacial score (nSPS) is 24.5. The van der Waals surface area contributed by atoms with Crippen LogP contribution in [0, 0.1) is 5.92 Å². The van der Waals surface area contributed by atoms with Gasteiger partial charge in [-0.25, -0.2) is 0 Å². The average molecular weight is 236 g/mol. The summed E-state index contributed by atoms with van der Waals surface area (Å²) in [5, 5.41) is 9.76. The smallest absolute Gasteiger partial charge is 0.119 e. The van der Waals surface area contributed by atoms with Gasteiger partial charge in [0, 0.05) is 12.5 Å². The number of para-hydroxylation sites is 1. The van der Waals surface area contributed by atoms with Crippen LogP contribution in [0.15, 0.2) is 30.3 Å². The quantitative estimate of drug-likeness (QED) is 0.797. The third-order valence-electron chi connectivity index (χ3n) is 3.17. The van der Waals surface area contributed by atoms with Crippen molar-refractivity contribution in [2.75, 3.05) is 19.8 Å². The number of aliphatic hydroxyl groups excluding tert-OH is 1. The van der Waals surface area contributed by atoms with Gasteiger partial charge in [0.1, 0.15) is 5.75 Å². The predicted molar refractivity (Wildman–Crippen MR) is 66.1 cm³/mol. The zero-order valence-electron chi connectivity index (χ0n) is 10.0. The van der Waals surface area contributed by atoms with E-state index in [1.165, 1.54) is 0 Å². The van der Waals surface area contributed by atoms with Crippen molar-refractivity contribution < 1.29 is 14.6 Å². The lowest BCUT2D eigenvalue weighted by Gasteiger charge is -2.27. The van der Waals surface area contributed by atoms with Crippen LogP contribution in [0.2, 0.25) is 0 Å². The summed E-state index contributed by atoms with van der Waals surface area (Å²) >= 11 is 0. The first-order valence-corrected chi connectivity index (χ1v) is 6.30. The summed E-state index contributed by atoms with van der Waals surface area (Å²) in [6.45, 7) is 2.08. The van der Waals surface area contributed by atoms with E-state index in [9.17, 15) is 5.11 Å². The van der Waals surface area contributed by atoms with E-state index in [1.54, 1.807) is 0 Å². The Morgan fingerprint density at radius 2 is 2.12 bits per heavy atom.